The zero-order valence-electron chi connectivity index (χ0n) is 18.4. The summed E-state index contributed by atoms with van der Waals surface area (Å²) in [5.41, 5.74) is 0.518. The topological polar surface area (TPSA) is 70.9 Å². The number of nitrogens with zero attached hydrogens (tertiary/aromatic N) is 5. The van der Waals surface area contributed by atoms with Crippen LogP contribution in [0.3, 0.4) is 0 Å². The van der Waals surface area contributed by atoms with Crippen molar-refractivity contribution in [2.24, 2.45) is 13.0 Å². The van der Waals surface area contributed by atoms with Crippen molar-refractivity contribution in [3.63, 3.8) is 0 Å². The highest BCUT2D eigenvalue weighted by molar-refractivity contribution is 5.86. The van der Waals surface area contributed by atoms with Gasteiger partial charge < -0.3 is 19.1 Å². The van der Waals surface area contributed by atoms with Gasteiger partial charge in [-0.25, -0.2) is 9.78 Å². The van der Waals surface area contributed by atoms with E-state index in [1.54, 1.807) is 11.2 Å². The molecule has 1 aromatic heterocycles. The zero-order valence-corrected chi connectivity index (χ0v) is 18.4. The number of hydrogen-bond acceptors (Lipinski definition) is 5. The summed E-state index contributed by atoms with van der Waals surface area (Å²) in [7, 11) is 3.96. The predicted molar refractivity (Wildman–Crippen MR) is 110 cm³/mol. The molecule has 0 bridgehead atoms. The second-order valence-electron chi connectivity index (χ2n) is 9.43. The molecule has 3 rings (SSSR count). The molecule has 1 aliphatic carbocycles. The first-order valence-electron chi connectivity index (χ1n) is 10.6. The fraction of sp³-hybridized carbons (Fsp3) is 0.762. The third kappa shape index (κ3) is 5.95. The number of piperazine rings is 1. The molecular weight excluding hydrogens is 370 g/mol. The highest BCUT2D eigenvalue weighted by Gasteiger charge is 2.39. The van der Waals surface area contributed by atoms with Gasteiger partial charge in [0.05, 0.1) is 6.33 Å². The number of aromatic nitrogens is 2. The molecule has 2 aliphatic rings. The minimum atomic E-state index is -0.582. The highest BCUT2D eigenvalue weighted by Crippen LogP contribution is 2.30. The van der Waals surface area contributed by atoms with Gasteiger partial charge in [0, 0.05) is 58.1 Å². The van der Waals surface area contributed by atoms with Crippen molar-refractivity contribution >= 4 is 12.0 Å². The Labute approximate surface area is 173 Å². The molecule has 2 amide bonds. The number of carbonyl (C=O) groups is 2. The van der Waals surface area contributed by atoms with E-state index >= 15 is 0 Å². The number of carbonyl (C=O) groups excluding carboxylic acids is 2. The lowest BCUT2D eigenvalue weighted by molar-refractivity contribution is -0.139. The Balaban J connectivity index is 1.73. The Kier molecular flexibility index (Phi) is 6.51. The van der Waals surface area contributed by atoms with Crippen molar-refractivity contribution in [3.8, 4) is 0 Å². The fourth-order valence-corrected chi connectivity index (χ4v) is 3.66. The average molecular weight is 406 g/mol. The second kappa shape index (κ2) is 8.73. The van der Waals surface area contributed by atoms with Crippen LogP contribution in [0.1, 0.15) is 39.3 Å². The highest BCUT2D eigenvalue weighted by atomic mass is 16.6. The van der Waals surface area contributed by atoms with E-state index < -0.39 is 17.7 Å². The van der Waals surface area contributed by atoms with Crippen LogP contribution in [0, 0.1) is 5.92 Å². The van der Waals surface area contributed by atoms with Crippen LogP contribution in [0.5, 0.6) is 0 Å². The molecule has 1 aliphatic heterocycles. The Morgan fingerprint density at radius 3 is 2.55 bits per heavy atom. The van der Waals surface area contributed by atoms with Gasteiger partial charge >= 0.3 is 6.09 Å². The molecular formula is C21H35N5O3. The maximum absolute atomic E-state index is 13.6. The van der Waals surface area contributed by atoms with Crippen molar-refractivity contribution in [3.05, 3.63) is 18.2 Å². The number of ether oxygens (including phenoxy) is 1. The summed E-state index contributed by atoms with van der Waals surface area (Å²) in [6.07, 6.45) is 6.33. The molecule has 1 saturated carbocycles. The SMILES string of the molecule is CN1CCN(C(=O)OC(C)(C)C)[C@@H](C(=O)N(CCc2cncn2C)CC2CC2)C1. The summed E-state index contributed by atoms with van der Waals surface area (Å²) in [5, 5.41) is 0. The summed E-state index contributed by atoms with van der Waals surface area (Å²) >= 11 is 0. The first-order valence-corrected chi connectivity index (χ1v) is 10.6. The lowest BCUT2D eigenvalue weighted by atomic mass is 10.1. The van der Waals surface area contributed by atoms with Crippen molar-refractivity contribution in [1.82, 2.24) is 24.3 Å². The fourth-order valence-electron chi connectivity index (χ4n) is 3.66. The van der Waals surface area contributed by atoms with E-state index in [2.05, 4.69) is 9.88 Å². The number of rotatable bonds is 6. The van der Waals surface area contributed by atoms with Crippen molar-refractivity contribution < 1.29 is 14.3 Å². The Morgan fingerprint density at radius 2 is 1.97 bits per heavy atom. The van der Waals surface area contributed by atoms with Gasteiger partial charge in [-0.1, -0.05) is 0 Å². The van der Waals surface area contributed by atoms with Gasteiger partial charge in [-0.2, -0.15) is 0 Å². The summed E-state index contributed by atoms with van der Waals surface area (Å²) in [6, 6.07) is -0.506. The van der Waals surface area contributed by atoms with Crippen LogP contribution < -0.4 is 0 Å². The van der Waals surface area contributed by atoms with Crippen molar-refractivity contribution in [1.29, 1.82) is 0 Å². The Morgan fingerprint density at radius 1 is 1.24 bits per heavy atom. The third-order valence-electron chi connectivity index (χ3n) is 5.54. The van der Waals surface area contributed by atoms with E-state index in [0.717, 1.165) is 25.2 Å². The van der Waals surface area contributed by atoms with Crippen LogP contribution in [0.2, 0.25) is 0 Å². The maximum Gasteiger partial charge on any atom is 0.411 e. The molecule has 0 aromatic carbocycles. The van der Waals surface area contributed by atoms with E-state index in [-0.39, 0.29) is 5.91 Å². The van der Waals surface area contributed by atoms with Crippen LogP contribution in [0.4, 0.5) is 4.79 Å². The lowest BCUT2D eigenvalue weighted by Gasteiger charge is -2.41. The third-order valence-corrected chi connectivity index (χ3v) is 5.54. The molecule has 1 aromatic rings. The first-order chi connectivity index (χ1) is 13.6. The quantitative estimate of drug-likeness (QED) is 0.721. The lowest BCUT2D eigenvalue weighted by Crippen LogP contribution is -2.61. The van der Waals surface area contributed by atoms with Gasteiger partial charge in [0.1, 0.15) is 11.6 Å². The average Bonchev–Trinajstić information content (AvgIpc) is 3.36. The Hall–Kier alpha value is -2.09. The first kappa shape index (κ1) is 21.6. The standard InChI is InChI=1S/C21H35N5O3/c1-21(2,3)29-20(28)26-11-10-23(4)14-18(26)19(27)25(13-16-6-7-16)9-8-17-12-22-15-24(17)5/h12,15-16,18H,6-11,13-14H2,1-5H3/t18-/m1/s1. The number of aryl methyl sites for hydroxylation is 1. The van der Waals surface area contributed by atoms with Crippen LogP contribution in [0.15, 0.2) is 12.5 Å². The van der Waals surface area contributed by atoms with Crippen LogP contribution in [0.25, 0.3) is 0 Å². The van der Waals surface area contributed by atoms with Crippen molar-refractivity contribution in [2.75, 3.05) is 39.8 Å². The van der Waals surface area contributed by atoms with Gasteiger partial charge in [0.2, 0.25) is 5.91 Å². The van der Waals surface area contributed by atoms with Crippen LogP contribution >= 0.6 is 0 Å². The van der Waals surface area contributed by atoms with E-state index in [1.165, 1.54) is 12.8 Å². The normalized spacial score (nSPS) is 20.6. The monoisotopic (exact) mass is 405 g/mol. The van der Waals surface area contributed by atoms with Gasteiger partial charge in [-0.15, -0.1) is 0 Å². The molecule has 162 valence electrons. The molecule has 1 saturated heterocycles. The van der Waals surface area contributed by atoms with Gasteiger partial charge in [-0.3, -0.25) is 9.69 Å². The predicted octanol–water partition coefficient (Wildman–Crippen LogP) is 1.75. The number of imidazole rings is 1. The maximum atomic E-state index is 13.6. The molecule has 0 unspecified atom stereocenters. The number of hydrogen-bond donors (Lipinski definition) is 0. The molecule has 0 N–H and O–H groups in total. The largest absolute Gasteiger partial charge is 0.444 e. The molecule has 2 fully saturated rings. The van der Waals surface area contributed by atoms with E-state index in [4.69, 9.17) is 4.74 Å². The zero-order chi connectivity index (χ0) is 21.2. The molecule has 8 nitrogen and oxygen atoms in total. The van der Waals surface area contributed by atoms with Gasteiger partial charge in [0.15, 0.2) is 0 Å². The molecule has 8 heteroatoms. The second-order valence-corrected chi connectivity index (χ2v) is 9.43. The molecule has 1 atom stereocenters. The van der Waals surface area contributed by atoms with Gasteiger partial charge in [-0.05, 0) is 46.6 Å². The minimum absolute atomic E-state index is 0.0245. The summed E-state index contributed by atoms with van der Waals surface area (Å²) in [6.45, 7) is 8.73. The Bertz CT molecular complexity index is 722. The molecule has 0 radical (unpaired) electrons. The molecule has 2 heterocycles. The van der Waals surface area contributed by atoms with E-state index in [1.807, 2.05) is 50.5 Å². The van der Waals surface area contributed by atoms with Crippen molar-refractivity contribution in [2.45, 2.75) is 51.7 Å². The number of likely N-dealkylation sites (N-methyl/N-ethyl adjacent to an activating group) is 1. The summed E-state index contributed by atoms with van der Waals surface area (Å²) in [5.74, 6) is 0.610. The van der Waals surface area contributed by atoms with Gasteiger partial charge in [0.25, 0.3) is 0 Å². The number of amides is 2. The van der Waals surface area contributed by atoms with E-state index in [9.17, 15) is 9.59 Å². The summed E-state index contributed by atoms with van der Waals surface area (Å²) in [4.78, 5) is 36.2. The van der Waals surface area contributed by atoms with E-state index in [0.29, 0.717) is 25.6 Å². The summed E-state index contributed by atoms with van der Waals surface area (Å²) < 4.78 is 7.57. The molecule has 0 spiro atoms. The van der Waals surface area contributed by atoms with Crippen LogP contribution in [-0.4, -0.2) is 87.7 Å². The smallest absolute Gasteiger partial charge is 0.411 e. The van der Waals surface area contributed by atoms with Crippen LogP contribution in [-0.2, 0) is 23.0 Å². The minimum Gasteiger partial charge on any atom is -0.444 e. The molecule has 29 heavy (non-hydrogen) atoms.